The lowest BCUT2D eigenvalue weighted by molar-refractivity contribution is 0.0488. The van der Waals surface area contributed by atoms with Crippen molar-refractivity contribution in [2.24, 2.45) is 0 Å². The van der Waals surface area contributed by atoms with Crippen molar-refractivity contribution in [2.75, 3.05) is 13.4 Å². The number of benzene rings is 2. The monoisotopic (exact) mass is 477 g/mol. The topological polar surface area (TPSA) is 69.9 Å². The second-order valence-electron chi connectivity index (χ2n) is 8.33. The van der Waals surface area contributed by atoms with E-state index in [4.69, 9.17) is 18.6 Å². The molecule has 1 aliphatic rings. The second kappa shape index (κ2) is 9.91. The summed E-state index contributed by atoms with van der Waals surface area (Å²) in [5.74, 6) is 2.13. The van der Waals surface area contributed by atoms with Crippen molar-refractivity contribution in [2.45, 2.75) is 38.8 Å². The number of carbonyl (C=O) groups is 1. The Morgan fingerprint density at radius 1 is 1.09 bits per heavy atom. The molecule has 2 atom stereocenters. The zero-order chi connectivity index (χ0) is 23.5. The molecule has 2 unspecified atom stereocenters. The maximum atomic E-state index is 12.1. The summed E-state index contributed by atoms with van der Waals surface area (Å²) in [7, 11) is 0. The zero-order valence-electron chi connectivity index (χ0n) is 19.2. The highest BCUT2D eigenvalue weighted by Crippen LogP contribution is 2.37. The maximum absolute atomic E-state index is 12.1. The van der Waals surface area contributed by atoms with Crippen LogP contribution in [0.3, 0.4) is 0 Å². The molecule has 4 aromatic rings. The molecule has 34 heavy (non-hydrogen) atoms. The highest BCUT2D eigenvalue weighted by Gasteiger charge is 2.25. The lowest BCUT2D eigenvalue weighted by Crippen LogP contribution is -2.32. The Hall–Kier alpha value is -3.29. The van der Waals surface area contributed by atoms with Crippen LogP contribution in [0, 0.1) is 0 Å². The molecule has 0 bridgehead atoms. The van der Waals surface area contributed by atoms with Crippen LogP contribution < -0.4 is 14.8 Å². The minimum atomic E-state index is -0.440. The van der Waals surface area contributed by atoms with Gasteiger partial charge in [0.25, 0.3) is 0 Å². The molecule has 176 valence electrons. The zero-order valence-corrected chi connectivity index (χ0v) is 20.0. The van der Waals surface area contributed by atoms with Gasteiger partial charge in [0.05, 0.1) is 6.61 Å². The molecule has 0 aliphatic carbocycles. The van der Waals surface area contributed by atoms with E-state index in [0.29, 0.717) is 13.0 Å². The predicted molar refractivity (Wildman–Crippen MR) is 132 cm³/mol. The summed E-state index contributed by atoms with van der Waals surface area (Å²) in [6, 6.07) is 20.4. The number of furan rings is 1. The number of rotatable bonds is 9. The SMILES string of the molecule is CCOC(=O)c1ccc(CC(c2ccc3c(c2)OCO3)C(C)NCc2cc3ccccc3s2)o1. The first kappa shape index (κ1) is 22.5. The molecule has 7 heteroatoms. The van der Waals surface area contributed by atoms with Crippen LogP contribution in [0.25, 0.3) is 10.1 Å². The van der Waals surface area contributed by atoms with Crippen molar-refractivity contribution in [3.05, 3.63) is 82.6 Å². The summed E-state index contributed by atoms with van der Waals surface area (Å²) < 4.78 is 23.3. The summed E-state index contributed by atoms with van der Waals surface area (Å²) in [6.07, 6.45) is 0.625. The fourth-order valence-corrected chi connectivity index (χ4v) is 5.29. The first-order valence-electron chi connectivity index (χ1n) is 11.5. The Morgan fingerprint density at radius 3 is 2.79 bits per heavy atom. The fourth-order valence-electron chi connectivity index (χ4n) is 4.27. The van der Waals surface area contributed by atoms with Gasteiger partial charge in [0, 0.05) is 34.5 Å². The van der Waals surface area contributed by atoms with Crippen molar-refractivity contribution in [3.8, 4) is 11.5 Å². The van der Waals surface area contributed by atoms with Gasteiger partial charge in [0.2, 0.25) is 12.6 Å². The molecule has 1 N–H and O–H groups in total. The molecular formula is C27H27NO5S. The van der Waals surface area contributed by atoms with Crippen molar-refractivity contribution >= 4 is 27.4 Å². The van der Waals surface area contributed by atoms with E-state index in [1.807, 2.05) is 29.5 Å². The first-order valence-corrected chi connectivity index (χ1v) is 12.3. The van der Waals surface area contributed by atoms with Crippen LogP contribution in [0.1, 0.15) is 46.5 Å². The Morgan fingerprint density at radius 2 is 1.94 bits per heavy atom. The summed E-state index contributed by atoms with van der Waals surface area (Å²) in [5.41, 5.74) is 1.12. The molecule has 2 aromatic carbocycles. The van der Waals surface area contributed by atoms with E-state index in [0.717, 1.165) is 29.4 Å². The molecule has 3 heterocycles. The quantitative estimate of drug-likeness (QED) is 0.303. The third-order valence-electron chi connectivity index (χ3n) is 6.06. The second-order valence-corrected chi connectivity index (χ2v) is 9.50. The van der Waals surface area contributed by atoms with Crippen LogP contribution in [0.5, 0.6) is 11.5 Å². The van der Waals surface area contributed by atoms with E-state index < -0.39 is 5.97 Å². The van der Waals surface area contributed by atoms with E-state index in [2.05, 4.69) is 48.6 Å². The molecular weight excluding hydrogens is 450 g/mol. The number of nitrogens with one attached hydrogen (secondary N) is 1. The molecule has 0 radical (unpaired) electrons. The number of hydrogen-bond acceptors (Lipinski definition) is 7. The van der Waals surface area contributed by atoms with E-state index in [1.54, 1.807) is 13.0 Å². The van der Waals surface area contributed by atoms with E-state index in [-0.39, 0.29) is 24.5 Å². The summed E-state index contributed by atoms with van der Waals surface area (Å²) in [6.45, 7) is 5.28. The van der Waals surface area contributed by atoms with Crippen LogP contribution >= 0.6 is 11.3 Å². The summed E-state index contributed by atoms with van der Waals surface area (Å²) in [5, 5.41) is 4.97. The fraction of sp³-hybridized carbons (Fsp3) is 0.296. The number of hydrogen-bond donors (Lipinski definition) is 1. The third kappa shape index (κ3) is 4.81. The van der Waals surface area contributed by atoms with Crippen LogP contribution in [0.15, 0.2) is 65.1 Å². The molecule has 0 fully saturated rings. The Bertz CT molecular complexity index is 1260. The Labute approximate surface area is 202 Å². The minimum absolute atomic E-state index is 0.0880. The standard InChI is InChI=1S/C27H27NO5S/c1-3-30-27(29)24-11-9-20(33-24)14-22(18-8-10-23-25(13-18)32-16-31-23)17(2)28-15-21-12-19-6-4-5-7-26(19)34-21/h4-13,17,22,28H,3,14-16H2,1-2H3. The lowest BCUT2D eigenvalue weighted by Gasteiger charge is -2.25. The van der Waals surface area contributed by atoms with Crippen molar-refractivity contribution in [3.63, 3.8) is 0 Å². The van der Waals surface area contributed by atoms with Crippen molar-refractivity contribution < 1.29 is 23.4 Å². The van der Waals surface area contributed by atoms with Crippen LogP contribution in [0.4, 0.5) is 0 Å². The average molecular weight is 478 g/mol. The number of thiophene rings is 1. The smallest absolute Gasteiger partial charge is 0.374 e. The summed E-state index contributed by atoms with van der Waals surface area (Å²) >= 11 is 1.81. The van der Waals surface area contributed by atoms with Gasteiger partial charge < -0.3 is 23.9 Å². The minimum Gasteiger partial charge on any atom is -0.460 e. The molecule has 0 saturated carbocycles. The van der Waals surface area contributed by atoms with E-state index >= 15 is 0 Å². The number of esters is 1. The number of ether oxygens (including phenoxy) is 3. The molecule has 0 spiro atoms. The largest absolute Gasteiger partial charge is 0.460 e. The van der Waals surface area contributed by atoms with Gasteiger partial charge in [0.1, 0.15) is 5.76 Å². The molecule has 0 saturated heterocycles. The normalized spacial score (nSPS) is 14.3. The molecule has 0 amide bonds. The third-order valence-corrected chi connectivity index (χ3v) is 7.18. The van der Waals surface area contributed by atoms with Gasteiger partial charge >= 0.3 is 5.97 Å². The summed E-state index contributed by atoms with van der Waals surface area (Å²) in [4.78, 5) is 13.3. The van der Waals surface area contributed by atoms with E-state index in [9.17, 15) is 4.79 Å². The lowest BCUT2D eigenvalue weighted by atomic mass is 9.88. The van der Waals surface area contributed by atoms with Crippen molar-refractivity contribution in [1.82, 2.24) is 5.32 Å². The molecule has 5 rings (SSSR count). The van der Waals surface area contributed by atoms with Gasteiger partial charge in [0.15, 0.2) is 11.5 Å². The van der Waals surface area contributed by atoms with Gasteiger partial charge in [-0.25, -0.2) is 4.79 Å². The highest BCUT2D eigenvalue weighted by atomic mass is 32.1. The van der Waals surface area contributed by atoms with Gasteiger partial charge in [-0.05, 0) is 61.2 Å². The van der Waals surface area contributed by atoms with Gasteiger partial charge in [-0.3, -0.25) is 0 Å². The first-order chi connectivity index (χ1) is 16.6. The highest BCUT2D eigenvalue weighted by molar-refractivity contribution is 7.19. The van der Waals surface area contributed by atoms with Gasteiger partial charge in [-0.1, -0.05) is 24.3 Å². The van der Waals surface area contributed by atoms with Gasteiger partial charge in [-0.15, -0.1) is 11.3 Å². The van der Waals surface area contributed by atoms with Crippen LogP contribution in [-0.4, -0.2) is 25.4 Å². The predicted octanol–water partition coefficient (Wildman–Crippen LogP) is 5.90. The number of carbonyl (C=O) groups excluding carboxylic acids is 1. The molecule has 1 aliphatic heterocycles. The van der Waals surface area contributed by atoms with Gasteiger partial charge in [-0.2, -0.15) is 0 Å². The Kier molecular flexibility index (Phi) is 6.56. The molecule has 2 aromatic heterocycles. The van der Waals surface area contributed by atoms with Crippen LogP contribution in [-0.2, 0) is 17.7 Å². The molecule has 6 nitrogen and oxygen atoms in total. The Balaban J connectivity index is 1.36. The average Bonchev–Trinajstić information content (AvgIpc) is 3.59. The van der Waals surface area contributed by atoms with Crippen LogP contribution in [0.2, 0.25) is 0 Å². The maximum Gasteiger partial charge on any atom is 0.374 e. The number of fused-ring (bicyclic) bond motifs is 2. The van der Waals surface area contributed by atoms with E-state index in [1.165, 1.54) is 15.0 Å². The van der Waals surface area contributed by atoms with Crippen molar-refractivity contribution in [1.29, 1.82) is 0 Å².